The van der Waals surface area contributed by atoms with Gasteiger partial charge in [0.15, 0.2) is 0 Å². The predicted molar refractivity (Wildman–Crippen MR) is 47.1 cm³/mol. The van der Waals surface area contributed by atoms with Crippen LogP contribution in [0, 0.1) is 11.3 Å². The smallest absolute Gasteiger partial charge is 0.110 e. The van der Waals surface area contributed by atoms with Crippen molar-refractivity contribution in [3.63, 3.8) is 0 Å². The molecule has 2 nitrogen and oxygen atoms in total. The summed E-state index contributed by atoms with van der Waals surface area (Å²) in [7, 11) is 0. The first-order valence-corrected chi connectivity index (χ1v) is 4.05. The molecule has 0 aliphatic carbocycles. The molecule has 3 heteroatoms. The summed E-state index contributed by atoms with van der Waals surface area (Å²) in [4.78, 5) is 1.81. The van der Waals surface area contributed by atoms with E-state index in [-0.39, 0.29) is 0 Å². The van der Waals surface area contributed by atoms with Crippen LogP contribution >= 0.6 is 11.3 Å². The second-order valence-corrected chi connectivity index (χ2v) is 3.07. The molecule has 0 radical (unpaired) electrons. The maximum absolute atomic E-state index is 8.49. The van der Waals surface area contributed by atoms with Crippen molar-refractivity contribution >= 4 is 17.4 Å². The van der Waals surface area contributed by atoms with Crippen LogP contribution in [0.5, 0.6) is 0 Å². The molecule has 0 spiro atoms. The van der Waals surface area contributed by atoms with Gasteiger partial charge in [-0.2, -0.15) is 5.26 Å². The van der Waals surface area contributed by atoms with Gasteiger partial charge in [-0.15, -0.1) is 11.3 Å². The summed E-state index contributed by atoms with van der Waals surface area (Å²) < 4.78 is 0. The van der Waals surface area contributed by atoms with Crippen molar-refractivity contribution in [3.05, 3.63) is 28.0 Å². The standard InChI is InChI=1S/C8H8N2S/c9-5-1-2-7-3-4-8(6-10)11-7/h1-4H,5,9H2. The molecule has 0 unspecified atom stereocenters. The van der Waals surface area contributed by atoms with Gasteiger partial charge in [-0.3, -0.25) is 0 Å². The van der Waals surface area contributed by atoms with Gasteiger partial charge >= 0.3 is 0 Å². The van der Waals surface area contributed by atoms with Crippen LogP contribution in [-0.4, -0.2) is 6.54 Å². The molecule has 11 heavy (non-hydrogen) atoms. The number of nitrogens with two attached hydrogens (primary N) is 1. The lowest BCUT2D eigenvalue weighted by molar-refractivity contribution is 1.26. The zero-order valence-corrected chi connectivity index (χ0v) is 6.77. The third kappa shape index (κ3) is 2.19. The lowest BCUT2D eigenvalue weighted by Gasteiger charge is -1.79. The number of rotatable bonds is 2. The van der Waals surface area contributed by atoms with Gasteiger partial charge < -0.3 is 5.73 Å². The summed E-state index contributed by atoms with van der Waals surface area (Å²) >= 11 is 1.47. The van der Waals surface area contributed by atoms with E-state index in [4.69, 9.17) is 11.0 Å². The second-order valence-electron chi connectivity index (χ2n) is 1.95. The third-order valence-corrected chi connectivity index (χ3v) is 2.11. The first kappa shape index (κ1) is 7.99. The van der Waals surface area contributed by atoms with Crippen molar-refractivity contribution in [1.29, 1.82) is 5.26 Å². The first-order chi connectivity index (χ1) is 5.36. The Bertz CT molecular complexity index is 293. The minimum atomic E-state index is 0.541. The molecule has 0 aliphatic heterocycles. The molecule has 1 rings (SSSR count). The van der Waals surface area contributed by atoms with Gasteiger partial charge in [0, 0.05) is 11.4 Å². The molecule has 0 amide bonds. The average molecular weight is 164 g/mol. The summed E-state index contributed by atoms with van der Waals surface area (Å²) in [6.45, 7) is 0.541. The average Bonchev–Trinajstić information content (AvgIpc) is 2.48. The molecule has 0 aliphatic rings. The summed E-state index contributed by atoms with van der Waals surface area (Å²) in [5.41, 5.74) is 5.27. The van der Waals surface area contributed by atoms with Gasteiger partial charge in [0.2, 0.25) is 0 Å². The van der Waals surface area contributed by atoms with Crippen LogP contribution in [0.2, 0.25) is 0 Å². The molecular weight excluding hydrogens is 156 g/mol. The van der Waals surface area contributed by atoms with E-state index in [2.05, 4.69) is 6.07 Å². The van der Waals surface area contributed by atoms with Gasteiger partial charge in [0.05, 0.1) is 0 Å². The number of hydrogen-bond acceptors (Lipinski definition) is 3. The molecule has 1 aromatic rings. The molecule has 56 valence electrons. The highest BCUT2D eigenvalue weighted by molar-refractivity contribution is 7.13. The van der Waals surface area contributed by atoms with Gasteiger partial charge in [-0.25, -0.2) is 0 Å². The Labute approximate surface area is 69.6 Å². The fourth-order valence-electron chi connectivity index (χ4n) is 0.687. The molecule has 0 saturated carbocycles. The summed E-state index contributed by atoms with van der Waals surface area (Å²) in [5, 5.41) is 8.49. The molecule has 1 aromatic heterocycles. The Kier molecular flexibility index (Phi) is 2.84. The van der Waals surface area contributed by atoms with Crippen LogP contribution in [0.15, 0.2) is 18.2 Å². The Morgan fingerprint density at radius 1 is 1.64 bits per heavy atom. The Morgan fingerprint density at radius 2 is 2.45 bits per heavy atom. The summed E-state index contributed by atoms with van der Waals surface area (Å²) in [5.74, 6) is 0. The third-order valence-electron chi connectivity index (χ3n) is 1.16. The van der Waals surface area contributed by atoms with E-state index < -0.39 is 0 Å². The molecular formula is C8H8N2S. The largest absolute Gasteiger partial charge is 0.327 e. The predicted octanol–water partition coefficient (Wildman–Crippen LogP) is 1.59. The minimum absolute atomic E-state index is 0.541. The highest BCUT2D eigenvalue weighted by Gasteiger charge is 1.93. The van der Waals surface area contributed by atoms with Crippen molar-refractivity contribution in [3.8, 4) is 6.07 Å². The molecule has 0 aromatic carbocycles. The molecule has 0 fully saturated rings. The van der Waals surface area contributed by atoms with E-state index in [1.54, 1.807) is 6.07 Å². The van der Waals surface area contributed by atoms with Gasteiger partial charge in [-0.05, 0) is 18.2 Å². The van der Waals surface area contributed by atoms with Crippen LogP contribution < -0.4 is 5.73 Å². The van der Waals surface area contributed by atoms with E-state index in [0.717, 1.165) is 9.75 Å². The van der Waals surface area contributed by atoms with Gasteiger partial charge in [-0.1, -0.05) is 6.08 Å². The van der Waals surface area contributed by atoms with Gasteiger partial charge in [0.1, 0.15) is 10.9 Å². The van der Waals surface area contributed by atoms with E-state index in [0.29, 0.717) is 6.54 Å². The van der Waals surface area contributed by atoms with E-state index in [1.807, 2.05) is 18.2 Å². The number of nitriles is 1. The number of hydrogen-bond donors (Lipinski definition) is 1. The first-order valence-electron chi connectivity index (χ1n) is 3.23. The van der Waals surface area contributed by atoms with Gasteiger partial charge in [0.25, 0.3) is 0 Å². The summed E-state index contributed by atoms with van der Waals surface area (Å²) in [6.07, 6.45) is 3.79. The van der Waals surface area contributed by atoms with Crippen molar-refractivity contribution in [1.82, 2.24) is 0 Å². The highest BCUT2D eigenvalue weighted by atomic mass is 32.1. The maximum atomic E-state index is 8.49. The monoisotopic (exact) mass is 164 g/mol. The second kappa shape index (κ2) is 3.91. The SMILES string of the molecule is N#Cc1ccc(C=CCN)s1. The normalized spacial score (nSPS) is 10.2. The van der Waals surface area contributed by atoms with Crippen LogP contribution in [-0.2, 0) is 0 Å². The van der Waals surface area contributed by atoms with Crippen LogP contribution in [0.1, 0.15) is 9.75 Å². The summed E-state index contributed by atoms with van der Waals surface area (Å²) in [6, 6.07) is 5.80. The number of thiophene rings is 1. The fraction of sp³-hybridized carbons (Fsp3) is 0.125. The fourth-order valence-corrected chi connectivity index (χ4v) is 1.42. The maximum Gasteiger partial charge on any atom is 0.110 e. The Hall–Kier alpha value is -1.11. The molecule has 2 N–H and O–H groups in total. The van der Waals surface area contributed by atoms with Crippen molar-refractivity contribution in [2.75, 3.05) is 6.54 Å². The Morgan fingerprint density at radius 3 is 3.00 bits per heavy atom. The molecule has 0 atom stereocenters. The van der Waals surface area contributed by atoms with E-state index >= 15 is 0 Å². The minimum Gasteiger partial charge on any atom is -0.327 e. The zero-order valence-electron chi connectivity index (χ0n) is 5.95. The van der Waals surface area contributed by atoms with E-state index in [9.17, 15) is 0 Å². The Balaban J connectivity index is 2.75. The van der Waals surface area contributed by atoms with Crippen molar-refractivity contribution < 1.29 is 0 Å². The van der Waals surface area contributed by atoms with Crippen LogP contribution in [0.3, 0.4) is 0 Å². The van der Waals surface area contributed by atoms with Crippen molar-refractivity contribution in [2.24, 2.45) is 5.73 Å². The van der Waals surface area contributed by atoms with E-state index in [1.165, 1.54) is 11.3 Å². The topological polar surface area (TPSA) is 49.8 Å². The van der Waals surface area contributed by atoms with Crippen molar-refractivity contribution in [2.45, 2.75) is 0 Å². The molecule has 0 saturated heterocycles. The lowest BCUT2D eigenvalue weighted by Crippen LogP contribution is -1.91. The highest BCUT2D eigenvalue weighted by Crippen LogP contribution is 2.16. The van der Waals surface area contributed by atoms with Crippen LogP contribution in [0.4, 0.5) is 0 Å². The zero-order chi connectivity index (χ0) is 8.10. The molecule has 0 bridgehead atoms. The van der Waals surface area contributed by atoms with Crippen LogP contribution in [0.25, 0.3) is 6.08 Å². The molecule has 1 heterocycles. The lowest BCUT2D eigenvalue weighted by atomic mass is 10.4. The number of nitrogens with zero attached hydrogens (tertiary/aromatic N) is 1. The quantitative estimate of drug-likeness (QED) is 0.721.